The lowest BCUT2D eigenvalue weighted by Gasteiger charge is -2.32. The van der Waals surface area contributed by atoms with Crippen molar-refractivity contribution < 1.29 is 22.5 Å². The number of alkyl halides is 3. The van der Waals surface area contributed by atoms with Crippen LogP contribution in [-0.2, 0) is 9.31 Å². The molecule has 1 atom stereocenters. The SMILES string of the molecule is CCCCCC[C@H](CC(F)(F)F)B1OC(C)(C)C(C)(C)O1. The van der Waals surface area contributed by atoms with Crippen molar-refractivity contribution in [2.24, 2.45) is 0 Å². The van der Waals surface area contributed by atoms with Crippen molar-refractivity contribution in [1.29, 1.82) is 0 Å². The molecule has 1 aliphatic rings. The first-order valence-corrected chi connectivity index (χ1v) is 7.91. The zero-order valence-electron chi connectivity index (χ0n) is 13.8. The molecule has 21 heavy (non-hydrogen) atoms. The first kappa shape index (κ1) is 18.8. The van der Waals surface area contributed by atoms with Gasteiger partial charge in [0.05, 0.1) is 11.2 Å². The van der Waals surface area contributed by atoms with Gasteiger partial charge >= 0.3 is 13.3 Å². The zero-order chi connectivity index (χ0) is 16.3. The van der Waals surface area contributed by atoms with Gasteiger partial charge < -0.3 is 9.31 Å². The summed E-state index contributed by atoms with van der Waals surface area (Å²) in [5.41, 5.74) is -1.16. The van der Waals surface area contributed by atoms with Gasteiger partial charge in [-0.05, 0) is 27.7 Å². The molecule has 0 aromatic rings. The predicted molar refractivity (Wildman–Crippen MR) is 79.3 cm³/mol. The largest absolute Gasteiger partial charge is 0.461 e. The summed E-state index contributed by atoms with van der Waals surface area (Å²) in [6.45, 7) is 9.56. The summed E-state index contributed by atoms with van der Waals surface area (Å²) in [5.74, 6) is -0.622. The highest BCUT2D eigenvalue weighted by Crippen LogP contribution is 2.44. The van der Waals surface area contributed by atoms with Gasteiger partial charge in [-0.1, -0.05) is 39.0 Å². The number of halogens is 3. The van der Waals surface area contributed by atoms with Crippen LogP contribution < -0.4 is 0 Å². The average molecular weight is 308 g/mol. The number of rotatable bonds is 7. The number of hydrogen-bond donors (Lipinski definition) is 0. The fraction of sp³-hybridized carbons (Fsp3) is 1.00. The van der Waals surface area contributed by atoms with Crippen molar-refractivity contribution in [3.8, 4) is 0 Å². The average Bonchev–Trinajstić information content (AvgIpc) is 2.51. The monoisotopic (exact) mass is 308 g/mol. The van der Waals surface area contributed by atoms with E-state index in [0.29, 0.717) is 6.42 Å². The molecule has 2 nitrogen and oxygen atoms in total. The summed E-state index contributed by atoms with van der Waals surface area (Å²) in [6, 6.07) is 0. The van der Waals surface area contributed by atoms with Gasteiger partial charge in [0.2, 0.25) is 0 Å². The first-order valence-electron chi connectivity index (χ1n) is 7.91. The molecule has 0 saturated carbocycles. The van der Waals surface area contributed by atoms with Crippen molar-refractivity contribution in [2.45, 2.75) is 96.3 Å². The minimum Gasteiger partial charge on any atom is -0.403 e. The Morgan fingerprint density at radius 1 is 0.952 bits per heavy atom. The van der Waals surface area contributed by atoms with Gasteiger partial charge in [0.25, 0.3) is 0 Å². The predicted octanol–water partition coefficient (Wildman–Crippen LogP) is 5.37. The van der Waals surface area contributed by atoms with Crippen LogP contribution in [0.2, 0.25) is 5.82 Å². The van der Waals surface area contributed by atoms with E-state index in [2.05, 4.69) is 6.92 Å². The molecule has 1 saturated heterocycles. The third-order valence-electron chi connectivity index (χ3n) is 4.58. The maximum Gasteiger partial charge on any atom is 0.461 e. The summed E-state index contributed by atoms with van der Waals surface area (Å²) in [4.78, 5) is 0. The Labute approximate surface area is 126 Å². The third kappa shape index (κ3) is 5.48. The molecule has 0 amide bonds. The maximum atomic E-state index is 12.8. The lowest BCUT2D eigenvalue weighted by molar-refractivity contribution is -0.136. The fourth-order valence-electron chi connectivity index (χ4n) is 2.55. The van der Waals surface area contributed by atoms with Crippen molar-refractivity contribution in [3.05, 3.63) is 0 Å². The standard InChI is InChI=1S/C15H28BF3O2/c1-6-7-8-9-10-12(11-15(17,18)19)16-20-13(2,3)14(4,5)21-16/h12H,6-11H2,1-5H3/t12-/m1/s1. The smallest absolute Gasteiger partial charge is 0.403 e. The molecule has 1 fully saturated rings. The van der Waals surface area contributed by atoms with E-state index in [9.17, 15) is 13.2 Å². The molecule has 124 valence electrons. The third-order valence-corrected chi connectivity index (χ3v) is 4.58. The Hall–Kier alpha value is -0.225. The second-order valence-electron chi connectivity index (χ2n) is 7.05. The van der Waals surface area contributed by atoms with Crippen molar-refractivity contribution in [3.63, 3.8) is 0 Å². The van der Waals surface area contributed by atoms with Gasteiger partial charge in [-0.2, -0.15) is 13.2 Å². The minimum atomic E-state index is -4.18. The summed E-state index contributed by atoms with van der Waals surface area (Å²) in [6.07, 6.45) is -0.642. The van der Waals surface area contributed by atoms with E-state index in [-0.39, 0.29) is 0 Å². The normalized spacial score (nSPS) is 22.6. The first-order chi connectivity index (χ1) is 9.48. The fourth-order valence-corrected chi connectivity index (χ4v) is 2.55. The number of hydrogen-bond acceptors (Lipinski definition) is 2. The van der Waals surface area contributed by atoms with Crippen LogP contribution in [0.5, 0.6) is 0 Å². The van der Waals surface area contributed by atoms with Crippen LogP contribution in [-0.4, -0.2) is 24.5 Å². The van der Waals surface area contributed by atoms with Crippen molar-refractivity contribution >= 4 is 7.12 Å². The zero-order valence-corrected chi connectivity index (χ0v) is 13.8. The van der Waals surface area contributed by atoms with E-state index in [1.807, 2.05) is 27.7 Å². The summed E-state index contributed by atoms with van der Waals surface area (Å²) >= 11 is 0. The van der Waals surface area contributed by atoms with E-state index < -0.39 is 36.7 Å². The van der Waals surface area contributed by atoms with Crippen LogP contribution in [0.3, 0.4) is 0 Å². The van der Waals surface area contributed by atoms with Gasteiger partial charge in [0, 0.05) is 12.2 Å². The molecule has 1 heterocycles. The highest BCUT2D eigenvalue weighted by molar-refractivity contribution is 6.47. The van der Waals surface area contributed by atoms with Crippen LogP contribution in [0.25, 0.3) is 0 Å². The Kier molecular flexibility index (Phi) is 6.19. The van der Waals surface area contributed by atoms with Crippen LogP contribution in [0.15, 0.2) is 0 Å². The molecular formula is C15H28BF3O2. The van der Waals surface area contributed by atoms with Gasteiger partial charge in [-0.25, -0.2) is 0 Å². The summed E-state index contributed by atoms with van der Waals surface area (Å²) in [5, 5.41) is 0. The molecule has 0 aromatic heterocycles. The molecule has 0 N–H and O–H groups in total. The Balaban J connectivity index is 2.68. The molecule has 0 unspecified atom stereocenters. The molecular weight excluding hydrogens is 280 g/mol. The second-order valence-corrected chi connectivity index (χ2v) is 7.05. The van der Waals surface area contributed by atoms with Gasteiger partial charge in [0.15, 0.2) is 0 Å². The molecule has 6 heteroatoms. The highest BCUT2D eigenvalue weighted by atomic mass is 19.4. The molecule has 1 rings (SSSR count). The van der Waals surface area contributed by atoms with Crippen molar-refractivity contribution in [2.75, 3.05) is 0 Å². The lowest BCUT2D eigenvalue weighted by Crippen LogP contribution is -2.41. The molecule has 0 aliphatic carbocycles. The summed E-state index contributed by atoms with van der Waals surface area (Å²) in [7, 11) is -0.766. The molecule has 0 aromatic carbocycles. The van der Waals surface area contributed by atoms with E-state index >= 15 is 0 Å². The maximum absolute atomic E-state index is 12.8. The van der Waals surface area contributed by atoms with Crippen molar-refractivity contribution in [1.82, 2.24) is 0 Å². The lowest BCUT2D eigenvalue weighted by atomic mass is 9.67. The van der Waals surface area contributed by atoms with Crippen LogP contribution in [0, 0.1) is 0 Å². The molecule has 1 aliphatic heterocycles. The summed E-state index contributed by atoms with van der Waals surface area (Å²) < 4.78 is 50.0. The Morgan fingerprint density at radius 2 is 1.48 bits per heavy atom. The van der Waals surface area contributed by atoms with E-state index in [1.54, 1.807) is 0 Å². The molecule has 0 radical (unpaired) electrons. The Bertz CT molecular complexity index is 313. The highest BCUT2D eigenvalue weighted by Gasteiger charge is 2.54. The second kappa shape index (κ2) is 6.90. The van der Waals surface area contributed by atoms with Gasteiger partial charge in [0.1, 0.15) is 0 Å². The van der Waals surface area contributed by atoms with Crippen LogP contribution in [0.4, 0.5) is 13.2 Å². The minimum absolute atomic E-state index is 0.496. The van der Waals surface area contributed by atoms with Crippen LogP contribution in [0.1, 0.15) is 73.1 Å². The quantitative estimate of drug-likeness (QED) is 0.465. The van der Waals surface area contributed by atoms with E-state index in [1.165, 1.54) is 0 Å². The van der Waals surface area contributed by atoms with Gasteiger partial charge in [-0.15, -0.1) is 0 Å². The van der Waals surface area contributed by atoms with E-state index in [0.717, 1.165) is 25.7 Å². The van der Waals surface area contributed by atoms with Gasteiger partial charge in [-0.3, -0.25) is 0 Å². The molecule has 0 bridgehead atoms. The topological polar surface area (TPSA) is 18.5 Å². The van der Waals surface area contributed by atoms with E-state index in [4.69, 9.17) is 9.31 Å². The molecule has 0 spiro atoms. The number of unbranched alkanes of at least 4 members (excludes halogenated alkanes) is 3. The Morgan fingerprint density at radius 3 is 1.90 bits per heavy atom. The van der Waals surface area contributed by atoms with Crippen LogP contribution >= 0.6 is 0 Å².